The van der Waals surface area contributed by atoms with Crippen molar-refractivity contribution < 1.29 is 4.42 Å². The molecule has 1 unspecified atom stereocenters. The third-order valence-corrected chi connectivity index (χ3v) is 4.01. The van der Waals surface area contributed by atoms with Gasteiger partial charge in [0.1, 0.15) is 0 Å². The van der Waals surface area contributed by atoms with E-state index in [9.17, 15) is 0 Å². The van der Waals surface area contributed by atoms with Crippen molar-refractivity contribution in [3.63, 3.8) is 0 Å². The largest absolute Gasteiger partial charge is 0.421 e. The minimum absolute atomic E-state index is 0.438. The number of hydrogen-bond acceptors (Lipinski definition) is 4. The normalized spacial score (nSPS) is 21.1. The zero-order valence-corrected chi connectivity index (χ0v) is 12.3. The number of rotatable bonds is 3. The van der Waals surface area contributed by atoms with E-state index in [1.165, 1.54) is 19.3 Å². The summed E-state index contributed by atoms with van der Waals surface area (Å²) in [6.45, 7) is 6.48. The minimum atomic E-state index is 0.438. The smallest absolute Gasteiger partial charge is 0.249 e. The Bertz CT molecular complexity index is 603. The second-order valence-electron chi connectivity index (χ2n) is 6.42. The molecule has 2 aromatic rings. The lowest BCUT2D eigenvalue weighted by Crippen LogP contribution is -2.18. The van der Waals surface area contributed by atoms with Crippen molar-refractivity contribution in [1.29, 1.82) is 0 Å². The third kappa shape index (κ3) is 2.69. The number of aryl methyl sites for hydroxylation is 1. The molecule has 20 heavy (non-hydrogen) atoms. The first kappa shape index (κ1) is 13.2. The van der Waals surface area contributed by atoms with Crippen molar-refractivity contribution in [3.8, 4) is 11.5 Å². The van der Waals surface area contributed by atoms with Crippen LogP contribution in [0, 0.1) is 12.3 Å². The second-order valence-corrected chi connectivity index (χ2v) is 6.42. The van der Waals surface area contributed by atoms with Crippen LogP contribution in [-0.2, 0) is 0 Å². The Morgan fingerprint density at radius 3 is 2.70 bits per heavy atom. The molecule has 1 heterocycles. The molecule has 1 N–H and O–H groups in total. The van der Waals surface area contributed by atoms with Gasteiger partial charge in [-0.15, -0.1) is 10.2 Å². The molecule has 0 spiro atoms. The summed E-state index contributed by atoms with van der Waals surface area (Å²) in [6, 6.07) is 8.67. The maximum atomic E-state index is 5.55. The van der Waals surface area contributed by atoms with Gasteiger partial charge < -0.3 is 9.73 Å². The van der Waals surface area contributed by atoms with Gasteiger partial charge in [0, 0.05) is 18.7 Å². The molecule has 4 nitrogen and oxygen atoms in total. The Kier molecular flexibility index (Phi) is 3.24. The number of hydrogen-bond donors (Lipinski definition) is 1. The van der Waals surface area contributed by atoms with Gasteiger partial charge in [-0.25, -0.2) is 0 Å². The molecule has 1 atom stereocenters. The van der Waals surface area contributed by atoms with E-state index in [2.05, 4.69) is 35.4 Å². The lowest BCUT2D eigenvalue weighted by molar-refractivity contribution is 0.378. The van der Waals surface area contributed by atoms with E-state index in [-0.39, 0.29) is 0 Å². The Hall–Kier alpha value is -1.84. The van der Waals surface area contributed by atoms with Crippen LogP contribution in [0.5, 0.6) is 0 Å². The van der Waals surface area contributed by atoms with E-state index in [0.29, 0.717) is 23.2 Å². The first-order valence-corrected chi connectivity index (χ1v) is 7.20. The Morgan fingerprint density at radius 2 is 2.05 bits per heavy atom. The number of benzene rings is 1. The predicted molar refractivity (Wildman–Crippen MR) is 79.5 cm³/mol. The number of nitrogens with zero attached hydrogens (tertiary/aromatic N) is 2. The first-order chi connectivity index (χ1) is 9.53. The summed E-state index contributed by atoms with van der Waals surface area (Å²) < 4.78 is 5.55. The monoisotopic (exact) mass is 271 g/mol. The highest BCUT2D eigenvalue weighted by Gasteiger charge is 2.31. The van der Waals surface area contributed by atoms with Crippen LogP contribution in [0.1, 0.15) is 39.0 Å². The summed E-state index contributed by atoms with van der Waals surface area (Å²) >= 11 is 0. The maximum Gasteiger partial charge on any atom is 0.249 e. The van der Waals surface area contributed by atoms with Gasteiger partial charge in [-0.05, 0) is 36.8 Å². The molecule has 1 fully saturated rings. The summed E-state index contributed by atoms with van der Waals surface area (Å²) in [4.78, 5) is 0. The lowest BCUT2D eigenvalue weighted by Gasteiger charge is -2.19. The van der Waals surface area contributed by atoms with Crippen LogP contribution in [0.3, 0.4) is 0 Å². The van der Waals surface area contributed by atoms with Crippen LogP contribution in [-0.4, -0.2) is 16.2 Å². The van der Waals surface area contributed by atoms with Gasteiger partial charge in [0.2, 0.25) is 11.8 Å². The van der Waals surface area contributed by atoms with Gasteiger partial charge in [-0.2, -0.15) is 0 Å². The van der Waals surface area contributed by atoms with Crippen molar-refractivity contribution >= 4 is 5.69 Å². The quantitative estimate of drug-likeness (QED) is 0.915. The van der Waals surface area contributed by atoms with Crippen LogP contribution in [0.15, 0.2) is 28.7 Å². The zero-order valence-electron chi connectivity index (χ0n) is 12.3. The molecular formula is C16H21N3O. The van der Waals surface area contributed by atoms with E-state index in [1.54, 1.807) is 0 Å². The second kappa shape index (κ2) is 4.93. The van der Waals surface area contributed by atoms with E-state index >= 15 is 0 Å². The molecule has 0 radical (unpaired) electrons. The number of anilines is 1. The summed E-state index contributed by atoms with van der Waals surface area (Å²) in [7, 11) is 0. The highest BCUT2D eigenvalue weighted by atomic mass is 16.4. The number of nitrogens with one attached hydrogen (secondary N) is 1. The average Bonchev–Trinajstić information content (AvgIpc) is 2.96. The van der Waals surface area contributed by atoms with Gasteiger partial charge in [0.15, 0.2) is 0 Å². The van der Waals surface area contributed by atoms with Crippen molar-refractivity contribution in [2.75, 3.05) is 5.32 Å². The first-order valence-electron chi connectivity index (χ1n) is 7.20. The topological polar surface area (TPSA) is 51.0 Å². The summed E-state index contributed by atoms with van der Waals surface area (Å²) in [5, 5.41) is 11.7. The molecule has 1 aliphatic carbocycles. The van der Waals surface area contributed by atoms with E-state index in [4.69, 9.17) is 4.42 Å². The van der Waals surface area contributed by atoms with E-state index in [0.717, 1.165) is 11.3 Å². The van der Waals surface area contributed by atoms with Gasteiger partial charge in [0.05, 0.1) is 5.56 Å². The number of para-hydroxylation sites is 1. The molecule has 1 saturated carbocycles. The summed E-state index contributed by atoms with van der Waals surface area (Å²) in [5.41, 5.74) is 2.50. The van der Waals surface area contributed by atoms with Gasteiger partial charge in [0.25, 0.3) is 0 Å². The van der Waals surface area contributed by atoms with Crippen LogP contribution in [0.2, 0.25) is 0 Å². The van der Waals surface area contributed by atoms with E-state index in [1.807, 2.05) is 25.1 Å². The van der Waals surface area contributed by atoms with Crippen LogP contribution < -0.4 is 5.32 Å². The SMILES string of the molecule is Cc1nnc(-c2ccccc2NC2CCC(C)(C)C2)o1. The Balaban J connectivity index is 1.84. The molecule has 0 saturated heterocycles. The Morgan fingerprint density at radius 1 is 1.25 bits per heavy atom. The fourth-order valence-electron chi connectivity index (χ4n) is 2.98. The fourth-order valence-corrected chi connectivity index (χ4v) is 2.98. The molecule has 1 aromatic heterocycles. The van der Waals surface area contributed by atoms with E-state index < -0.39 is 0 Å². The molecule has 0 amide bonds. The molecular weight excluding hydrogens is 250 g/mol. The minimum Gasteiger partial charge on any atom is -0.421 e. The summed E-state index contributed by atoms with van der Waals surface area (Å²) in [5.74, 6) is 1.18. The van der Waals surface area contributed by atoms with Crippen molar-refractivity contribution in [2.24, 2.45) is 5.41 Å². The zero-order chi connectivity index (χ0) is 14.2. The number of aromatic nitrogens is 2. The van der Waals surface area contributed by atoms with Crippen LogP contribution in [0.25, 0.3) is 11.5 Å². The molecule has 0 bridgehead atoms. The summed E-state index contributed by atoms with van der Waals surface area (Å²) in [6.07, 6.45) is 3.68. The molecule has 1 aliphatic rings. The van der Waals surface area contributed by atoms with Crippen molar-refractivity contribution in [3.05, 3.63) is 30.2 Å². The van der Waals surface area contributed by atoms with Crippen molar-refractivity contribution in [2.45, 2.75) is 46.1 Å². The van der Waals surface area contributed by atoms with Gasteiger partial charge in [-0.3, -0.25) is 0 Å². The lowest BCUT2D eigenvalue weighted by atomic mass is 9.92. The average molecular weight is 271 g/mol. The van der Waals surface area contributed by atoms with Gasteiger partial charge in [-0.1, -0.05) is 26.0 Å². The van der Waals surface area contributed by atoms with Crippen LogP contribution in [0.4, 0.5) is 5.69 Å². The van der Waals surface area contributed by atoms with Crippen molar-refractivity contribution in [1.82, 2.24) is 10.2 Å². The highest BCUT2D eigenvalue weighted by molar-refractivity contribution is 5.72. The molecule has 4 heteroatoms. The fraction of sp³-hybridized carbons (Fsp3) is 0.500. The maximum absolute atomic E-state index is 5.55. The highest BCUT2D eigenvalue weighted by Crippen LogP contribution is 2.39. The standard InChI is InChI=1S/C16H21N3O/c1-11-18-19-15(20-11)13-6-4-5-7-14(13)17-12-8-9-16(2,3)10-12/h4-7,12,17H,8-10H2,1-3H3. The molecule has 106 valence electrons. The molecule has 0 aliphatic heterocycles. The molecule has 3 rings (SSSR count). The third-order valence-electron chi connectivity index (χ3n) is 4.01. The van der Waals surface area contributed by atoms with Crippen LogP contribution >= 0.6 is 0 Å². The van der Waals surface area contributed by atoms with Gasteiger partial charge >= 0.3 is 0 Å². The molecule has 1 aromatic carbocycles. The Labute approximate surface area is 119 Å². The predicted octanol–water partition coefficient (Wildman–Crippen LogP) is 4.04.